The lowest BCUT2D eigenvalue weighted by Crippen LogP contribution is -2.55. The number of carbonyl (C=O) groups is 1. The average molecular weight is 436 g/mol. The van der Waals surface area contributed by atoms with Crippen LogP contribution in [0.5, 0.6) is 0 Å². The third-order valence-electron chi connectivity index (χ3n) is 5.55. The quantitative estimate of drug-likeness (QED) is 0.676. The predicted molar refractivity (Wildman–Crippen MR) is 127 cm³/mol. The number of anilines is 1. The van der Waals surface area contributed by atoms with Crippen LogP contribution in [0.3, 0.4) is 0 Å². The molecule has 2 amide bonds. The molecular weight excluding hydrogens is 402 g/mol. The van der Waals surface area contributed by atoms with Crippen LogP contribution in [-0.4, -0.2) is 62.4 Å². The number of carbonyl (C=O) groups excluding carboxylic acids is 1. The van der Waals surface area contributed by atoms with Crippen molar-refractivity contribution >= 4 is 22.9 Å². The molecular formula is C24H33N7O. The molecule has 1 saturated heterocycles. The van der Waals surface area contributed by atoms with Crippen LogP contribution >= 0.6 is 0 Å². The van der Waals surface area contributed by atoms with E-state index in [1.807, 2.05) is 67.6 Å². The second-order valence-corrected chi connectivity index (χ2v) is 9.40. The molecule has 4 rings (SSSR count). The van der Waals surface area contributed by atoms with Gasteiger partial charge in [-0.1, -0.05) is 25.1 Å². The van der Waals surface area contributed by atoms with Crippen LogP contribution in [0.4, 0.5) is 10.6 Å². The van der Waals surface area contributed by atoms with E-state index in [2.05, 4.69) is 17.1 Å². The first-order chi connectivity index (χ1) is 15.3. The lowest BCUT2D eigenvalue weighted by Gasteiger charge is -2.37. The molecule has 0 unspecified atom stereocenters. The van der Waals surface area contributed by atoms with E-state index in [-0.39, 0.29) is 11.6 Å². The summed E-state index contributed by atoms with van der Waals surface area (Å²) in [4.78, 5) is 26.6. The van der Waals surface area contributed by atoms with Gasteiger partial charge in [0, 0.05) is 38.1 Å². The molecule has 1 N–H and O–H groups in total. The number of aromatic nitrogens is 4. The summed E-state index contributed by atoms with van der Waals surface area (Å²) in [5, 5.41) is 8.86. The Hall–Kier alpha value is -3.16. The summed E-state index contributed by atoms with van der Waals surface area (Å²) in [7, 11) is 0. The summed E-state index contributed by atoms with van der Waals surface area (Å²) in [6.45, 7) is 12.9. The number of benzene rings is 1. The Morgan fingerprint density at radius 2 is 1.75 bits per heavy atom. The van der Waals surface area contributed by atoms with Gasteiger partial charge in [0.15, 0.2) is 5.65 Å². The Bertz CT molecular complexity index is 1090. The molecule has 1 aliphatic rings. The SMILES string of the molecule is CCCc1nc(N2CCN(C(=O)NC(C)(C)C)CC2)c2c(C)nn(-c3ccccc3)c2n1. The Balaban J connectivity index is 1.67. The van der Waals surface area contributed by atoms with Gasteiger partial charge in [0.1, 0.15) is 11.6 Å². The molecule has 1 aliphatic heterocycles. The van der Waals surface area contributed by atoms with Crippen LogP contribution in [-0.2, 0) is 6.42 Å². The van der Waals surface area contributed by atoms with Gasteiger partial charge in [0.2, 0.25) is 0 Å². The van der Waals surface area contributed by atoms with Gasteiger partial charge in [-0.25, -0.2) is 19.4 Å². The summed E-state index contributed by atoms with van der Waals surface area (Å²) in [5.41, 5.74) is 2.50. The van der Waals surface area contributed by atoms with Crippen molar-refractivity contribution in [1.82, 2.24) is 30.0 Å². The minimum atomic E-state index is -0.245. The number of piperazine rings is 1. The summed E-state index contributed by atoms with van der Waals surface area (Å²) in [6, 6.07) is 10.1. The third-order valence-corrected chi connectivity index (χ3v) is 5.55. The monoisotopic (exact) mass is 435 g/mol. The van der Waals surface area contributed by atoms with Crippen molar-refractivity contribution in [2.45, 2.75) is 53.0 Å². The van der Waals surface area contributed by atoms with E-state index >= 15 is 0 Å². The second kappa shape index (κ2) is 8.76. The second-order valence-electron chi connectivity index (χ2n) is 9.40. The summed E-state index contributed by atoms with van der Waals surface area (Å²) >= 11 is 0. The number of nitrogens with one attached hydrogen (secondary N) is 1. The zero-order valence-electron chi connectivity index (χ0n) is 19.7. The molecule has 2 aromatic heterocycles. The Kier molecular flexibility index (Phi) is 6.04. The maximum Gasteiger partial charge on any atom is 0.317 e. The lowest BCUT2D eigenvalue weighted by molar-refractivity contribution is 0.185. The van der Waals surface area contributed by atoms with Gasteiger partial charge < -0.3 is 15.1 Å². The highest BCUT2D eigenvalue weighted by molar-refractivity contribution is 5.91. The Labute approximate surface area is 189 Å². The van der Waals surface area contributed by atoms with Gasteiger partial charge in [-0.2, -0.15) is 5.10 Å². The highest BCUT2D eigenvalue weighted by Crippen LogP contribution is 2.30. The minimum absolute atomic E-state index is 0.00951. The number of hydrogen-bond donors (Lipinski definition) is 1. The number of para-hydroxylation sites is 1. The zero-order valence-corrected chi connectivity index (χ0v) is 19.7. The number of nitrogens with zero attached hydrogens (tertiary/aromatic N) is 6. The van der Waals surface area contributed by atoms with Crippen molar-refractivity contribution < 1.29 is 4.79 Å². The van der Waals surface area contributed by atoms with Gasteiger partial charge in [-0.3, -0.25) is 0 Å². The van der Waals surface area contributed by atoms with Crippen LogP contribution in [0.15, 0.2) is 30.3 Å². The van der Waals surface area contributed by atoms with E-state index < -0.39 is 0 Å². The van der Waals surface area contributed by atoms with E-state index in [1.165, 1.54) is 0 Å². The normalized spacial score (nSPS) is 14.8. The molecule has 1 aromatic carbocycles. The molecule has 0 radical (unpaired) electrons. The van der Waals surface area contributed by atoms with Gasteiger partial charge >= 0.3 is 6.03 Å². The molecule has 3 aromatic rings. The number of urea groups is 1. The van der Waals surface area contributed by atoms with Crippen molar-refractivity contribution in [3.8, 4) is 5.69 Å². The van der Waals surface area contributed by atoms with Crippen molar-refractivity contribution in [3.63, 3.8) is 0 Å². The van der Waals surface area contributed by atoms with Crippen molar-refractivity contribution in [2.75, 3.05) is 31.1 Å². The molecule has 0 saturated carbocycles. The third kappa shape index (κ3) is 4.54. The van der Waals surface area contributed by atoms with E-state index in [4.69, 9.17) is 15.1 Å². The molecule has 1 fully saturated rings. The van der Waals surface area contributed by atoms with E-state index in [0.717, 1.165) is 60.0 Å². The maximum atomic E-state index is 12.6. The molecule has 0 spiro atoms. The molecule has 0 atom stereocenters. The Morgan fingerprint density at radius 3 is 2.38 bits per heavy atom. The fraction of sp³-hybridized carbons (Fsp3) is 0.500. The molecule has 8 nitrogen and oxygen atoms in total. The number of rotatable bonds is 4. The molecule has 0 aliphatic carbocycles. The largest absolute Gasteiger partial charge is 0.352 e. The standard InChI is InChI=1S/C24H33N7O/c1-6-10-19-25-21(29-13-15-30(16-14-29)23(32)27-24(3,4)5)20-17(2)28-31(22(20)26-19)18-11-8-7-9-12-18/h7-9,11-12H,6,10,13-16H2,1-5H3,(H,27,32). The number of fused-ring (bicyclic) bond motifs is 1. The van der Waals surface area contributed by atoms with Crippen LogP contribution in [0, 0.1) is 6.92 Å². The molecule has 170 valence electrons. The average Bonchev–Trinajstić information content (AvgIpc) is 3.09. The van der Waals surface area contributed by atoms with Crippen molar-refractivity contribution in [1.29, 1.82) is 0 Å². The van der Waals surface area contributed by atoms with Crippen LogP contribution in [0.1, 0.15) is 45.6 Å². The predicted octanol–water partition coefficient (Wildman–Crippen LogP) is 3.71. The molecule has 8 heteroatoms. The zero-order chi connectivity index (χ0) is 22.9. The maximum absolute atomic E-state index is 12.6. The first kappa shape index (κ1) is 22.0. The molecule has 3 heterocycles. The number of aryl methyl sites for hydroxylation is 2. The van der Waals surface area contributed by atoms with E-state index in [9.17, 15) is 4.79 Å². The highest BCUT2D eigenvalue weighted by Gasteiger charge is 2.27. The first-order valence-corrected chi connectivity index (χ1v) is 11.4. The minimum Gasteiger partial charge on any atom is -0.352 e. The van der Waals surface area contributed by atoms with Gasteiger partial charge in [0.05, 0.1) is 16.8 Å². The molecule has 32 heavy (non-hydrogen) atoms. The highest BCUT2D eigenvalue weighted by atomic mass is 16.2. The fourth-order valence-corrected chi connectivity index (χ4v) is 4.04. The van der Waals surface area contributed by atoms with Gasteiger partial charge in [-0.05, 0) is 46.2 Å². The van der Waals surface area contributed by atoms with Gasteiger partial charge in [-0.15, -0.1) is 0 Å². The summed E-state index contributed by atoms with van der Waals surface area (Å²) in [5.74, 6) is 1.76. The first-order valence-electron chi connectivity index (χ1n) is 11.4. The van der Waals surface area contributed by atoms with Crippen molar-refractivity contribution in [2.24, 2.45) is 0 Å². The van der Waals surface area contributed by atoms with Crippen molar-refractivity contribution in [3.05, 3.63) is 41.9 Å². The van der Waals surface area contributed by atoms with Crippen LogP contribution < -0.4 is 10.2 Å². The topological polar surface area (TPSA) is 79.2 Å². The van der Waals surface area contributed by atoms with Crippen LogP contribution in [0.2, 0.25) is 0 Å². The Morgan fingerprint density at radius 1 is 1.06 bits per heavy atom. The number of amides is 2. The summed E-state index contributed by atoms with van der Waals surface area (Å²) < 4.78 is 1.92. The summed E-state index contributed by atoms with van der Waals surface area (Å²) in [6.07, 6.45) is 1.79. The van der Waals surface area contributed by atoms with E-state index in [0.29, 0.717) is 13.1 Å². The van der Waals surface area contributed by atoms with E-state index in [1.54, 1.807) is 0 Å². The molecule has 0 bridgehead atoms. The van der Waals surface area contributed by atoms with Crippen LogP contribution in [0.25, 0.3) is 16.7 Å². The van der Waals surface area contributed by atoms with Gasteiger partial charge in [0.25, 0.3) is 0 Å². The fourth-order valence-electron chi connectivity index (χ4n) is 4.04. The smallest absolute Gasteiger partial charge is 0.317 e. The lowest BCUT2D eigenvalue weighted by atomic mass is 10.1. The number of hydrogen-bond acceptors (Lipinski definition) is 5.